The number of aliphatic imine (C=N–C) groups is 1. The predicted octanol–water partition coefficient (Wildman–Crippen LogP) is 4.42. The lowest BCUT2D eigenvalue weighted by Crippen LogP contribution is -2.18. The highest BCUT2D eigenvalue weighted by Gasteiger charge is 2.13. The Morgan fingerprint density at radius 3 is 2.38 bits per heavy atom. The Morgan fingerprint density at radius 2 is 1.54 bits per heavy atom. The van der Waals surface area contributed by atoms with Gasteiger partial charge in [0.05, 0.1) is 0 Å². The third kappa shape index (κ3) is 2.56. The van der Waals surface area contributed by atoms with Crippen molar-refractivity contribution in [3.63, 3.8) is 0 Å². The Morgan fingerprint density at radius 1 is 0.833 bits per heavy atom. The fourth-order valence-electron chi connectivity index (χ4n) is 2.90. The molecule has 0 bridgehead atoms. The van der Waals surface area contributed by atoms with Crippen LogP contribution in [-0.4, -0.2) is 5.84 Å². The van der Waals surface area contributed by atoms with E-state index in [-0.39, 0.29) is 0 Å². The molecule has 4 N–H and O–H groups in total. The molecular formula is C20H17N3S. The van der Waals surface area contributed by atoms with Crippen LogP contribution in [0.1, 0.15) is 17.3 Å². The number of benzene rings is 3. The first-order valence-electron chi connectivity index (χ1n) is 7.78. The maximum atomic E-state index is 6.36. The minimum absolute atomic E-state index is 0.459. The van der Waals surface area contributed by atoms with Crippen molar-refractivity contribution in [1.29, 1.82) is 0 Å². The Balaban J connectivity index is 1.81. The minimum atomic E-state index is -0.484. The second kappa shape index (κ2) is 6.07. The molecule has 1 atom stereocenters. The maximum Gasteiger partial charge on any atom is 0.127 e. The summed E-state index contributed by atoms with van der Waals surface area (Å²) in [6, 6.07) is 24.3. The normalized spacial score (nSPS) is 13.5. The number of amidine groups is 1. The zero-order valence-corrected chi connectivity index (χ0v) is 13.8. The van der Waals surface area contributed by atoms with Gasteiger partial charge in [-0.25, -0.2) is 4.99 Å². The van der Waals surface area contributed by atoms with Crippen molar-refractivity contribution in [2.75, 3.05) is 0 Å². The Labute approximate surface area is 144 Å². The summed E-state index contributed by atoms with van der Waals surface area (Å²) in [7, 11) is 0. The van der Waals surface area contributed by atoms with Crippen molar-refractivity contribution in [1.82, 2.24) is 0 Å². The van der Waals surface area contributed by atoms with Crippen molar-refractivity contribution in [3.05, 3.63) is 83.9 Å². The van der Waals surface area contributed by atoms with Gasteiger partial charge in [0.2, 0.25) is 0 Å². The molecule has 1 aromatic heterocycles. The van der Waals surface area contributed by atoms with E-state index < -0.39 is 6.17 Å². The monoisotopic (exact) mass is 331 g/mol. The Bertz CT molecular complexity index is 1030. The van der Waals surface area contributed by atoms with Gasteiger partial charge in [0.1, 0.15) is 12.0 Å². The lowest BCUT2D eigenvalue weighted by atomic mass is 10.1. The molecule has 1 unspecified atom stereocenters. The van der Waals surface area contributed by atoms with Gasteiger partial charge in [-0.15, -0.1) is 11.3 Å². The number of fused-ring (bicyclic) bond motifs is 3. The van der Waals surface area contributed by atoms with E-state index >= 15 is 0 Å². The highest BCUT2D eigenvalue weighted by molar-refractivity contribution is 7.26. The molecule has 4 heteroatoms. The summed E-state index contributed by atoms with van der Waals surface area (Å²) in [5.41, 5.74) is 14.4. The van der Waals surface area contributed by atoms with Gasteiger partial charge in [0, 0.05) is 31.3 Å². The van der Waals surface area contributed by atoms with Crippen LogP contribution in [0.3, 0.4) is 0 Å². The van der Waals surface area contributed by atoms with E-state index in [0.29, 0.717) is 5.84 Å². The summed E-state index contributed by atoms with van der Waals surface area (Å²) in [6.45, 7) is 0. The third-order valence-corrected chi connectivity index (χ3v) is 5.34. The predicted molar refractivity (Wildman–Crippen MR) is 103 cm³/mol. The molecule has 1 heterocycles. The second-order valence-electron chi connectivity index (χ2n) is 5.65. The number of nitrogens with zero attached hydrogens (tertiary/aromatic N) is 1. The number of hydrogen-bond acceptors (Lipinski definition) is 3. The molecule has 0 radical (unpaired) electrons. The molecular weight excluding hydrogens is 314 g/mol. The summed E-state index contributed by atoms with van der Waals surface area (Å²) in [6.07, 6.45) is -0.484. The van der Waals surface area contributed by atoms with Crippen LogP contribution < -0.4 is 11.5 Å². The molecule has 0 saturated heterocycles. The van der Waals surface area contributed by atoms with Crippen LogP contribution in [0.4, 0.5) is 0 Å². The zero-order valence-electron chi connectivity index (χ0n) is 13.0. The van der Waals surface area contributed by atoms with Gasteiger partial charge in [0.25, 0.3) is 0 Å². The molecule has 0 spiro atoms. The van der Waals surface area contributed by atoms with Crippen LogP contribution in [0.2, 0.25) is 0 Å². The van der Waals surface area contributed by atoms with Crippen LogP contribution in [0.15, 0.2) is 77.8 Å². The summed E-state index contributed by atoms with van der Waals surface area (Å²) in [4.78, 5) is 4.52. The second-order valence-corrected chi connectivity index (χ2v) is 6.70. The summed E-state index contributed by atoms with van der Waals surface area (Å²) in [5, 5.41) is 2.48. The number of rotatable bonds is 3. The maximum absolute atomic E-state index is 6.36. The van der Waals surface area contributed by atoms with Crippen LogP contribution in [0.25, 0.3) is 20.2 Å². The fraction of sp³-hybridized carbons (Fsp3) is 0.0500. The van der Waals surface area contributed by atoms with Crippen molar-refractivity contribution >= 4 is 37.3 Å². The van der Waals surface area contributed by atoms with Gasteiger partial charge in [-0.3, -0.25) is 0 Å². The molecule has 0 aliphatic rings. The van der Waals surface area contributed by atoms with Crippen molar-refractivity contribution in [3.8, 4) is 0 Å². The van der Waals surface area contributed by atoms with Crippen LogP contribution in [-0.2, 0) is 0 Å². The molecule has 3 nitrogen and oxygen atoms in total. The average molecular weight is 331 g/mol. The first kappa shape index (κ1) is 14.9. The SMILES string of the molecule is NC(=NC(N)c1cccc2c1sc1ccccc12)c1ccccc1. The Kier molecular flexibility index (Phi) is 3.76. The first-order valence-corrected chi connectivity index (χ1v) is 8.60. The lowest BCUT2D eigenvalue weighted by molar-refractivity contribution is 0.783. The Hall–Kier alpha value is -2.69. The fourth-order valence-corrected chi connectivity index (χ4v) is 4.15. The highest BCUT2D eigenvalue weighted by Crippen LogP contribution is 2.37. The van der Waals surface area contributed by atoms with E-state index in [2.05, 4.69) is 35.3 Å². The topological polar surface area (TPSA) is 64.4 Å². The average Bonchev–Trinajstić information content (AvgIpc) is 3.01. The molecule has 24 heavy (non-hydrogen) atoms. The van der Waals surface area contributed by atoms with E-state index in [4.69, 9.17) is 11.5 Å². The van der Waals surface area contributed by atoms with E-state index in [0.717, 1.165) is 11.1 Å². The molecule has 4 aromatic rings. The number of nitrogens with two attached hydrogens (primary N) is 2. The molecule has 3 aromatic carbocycles. The van der Waals surface area contributed by atoms with Crippen molar-refractivity contribution < 1.29 is 0 Å². The van der Waals surface area contributed by atoms with E-state index in [1.54, 1.807) is 11.3 Å². The van der Waals surface area contributed by atoms with Crippen LogP contribution in [0, 0.1) is 0 Å². The molecule has 0 aliphatic carbocycles. The van der Waals surface area contributed by atoms with Gasteiger partial charge in [-0.1, -0.05) is 66.7 Å². The lowest BCUT2D eigenvalue weighted by Gasteiger charge is -2.10. The van der Waals surface area contributed by atoms with Gasteiger partial charge < -0.3 is 11.5 Å². The van der Waals surface area contributed by atoms with Gasteiger partial charge in [0.15, 0.2) is 0 Å². The van der Waals surface area contributed by atoms with Gasteiger partial charge in [-0.05, 0) is 6.07 Å². The smallest absolute Gasteiger partial charge is 0.127 e. The minimum Gasteiger partial charge on any atom is -0.383 e. The third-order valence-electron chi connectivity index (χ3n) is 4.10. The van der Waals surface area contributed by atoms with E-state index in [9.17, 15) is 0 Å². The summed E-state index contributed by atoms with van der Waals surface area (Å²) in [5.74, 6) is 0.459. The van der Waals surface area contributed by atoms with Crippen LogP contribution in [0.5, 0.6) is 0 Å². The van der Waals surface area contributed by atoms with E-state index in [1.165, 1.54) is 20.2 Å². The number of thiophene rings is 1. The summed E-state index contributed by atoms with van der Waals surface area (Å²) >= 11 is 1.75. The molecule has 118 valence electrons. The van der Waals surface area contributed by atoms with Crippen LogP contribution >= 0.6 is 11.3 Å². The first-order chi connectivity index (χ1) is 11.7. The molecule has 4 rings (SSSR count). The van der Waals surface area contributed by atoms with Gasteiger partial charge in [-0.2, -0.15) is 0 Å². The molecule has 0 saturated carbocycles. The molecule has 0 fully saturated rings. The number of hydrogen-bond donors (Lipinski definition) is 2. The summed E-state index contributed by atoms with van der Waals surface area (Å²) < 4.78 is 2.43. The highest BCUT2D eigenvalue weighted by atomic mass is 32.1. The van der Waals surface area contributed by atoms with Crippen molar-refractivity contribution in [2.24, 2.45) is 16.5 Å². The molecule has 0 aliphatic heterocycles. The largest absolute Gasteiger partial charge is 0.383 e. The van der Waals surface area contributed by atoms with E-state index in [1.807, 2.05) is 42.5 Å². The standard InChI is InChI=1S/C20H17N3S/c21-19(13-7-2-1-3-8-13)23-20(22)16-11-6-10-15-14-9-4-5-12-17(14)24-18(15)16/h1-12,20H,22H2,(H2,21,23). The quantitative estimate of drug-likeness (QED) is 0.431. The van der Waals surface area contributed by atoms with Gasteiger partial charge >= 0.3 is 0 Å². The van der Waals surface area contributed by atoms with Crippen molar-refractivity contribution in [2.45, 2.75) is 6.17 Å². The molecule has 0 amide bonds. The zero-order chi connectivity index (χ0) is 16.5.